The number of hydrogen-bond acceptors (Lipinski definition) is 3. The number of carbonyl (C=O) groups excluding carboxylic acids is 1. The zero-order valence-electron chi connectivity index (χ0n) is 14.0. The summed E-state index contributed by atoms with van der Waals surface area (Å²) in [6.45, 7) is 9.70. The first-order chi connectivity index (χ1) is 9.74. The van der Waals surface area contributed by atoms with Crippen LogP contribution in [0.1, 0.15) is 78.6 Å². The number of esters is 1. The Morgan fingerprint density at radius 2 is 1.30 bits per heavy atom. The van der Waals surface area contributed by atoms with Gasteiger partial charge in [-0.05, 0) is 32.4 Å². The molecule has 20 heavy (non-hydrogen) atoms. The molecule has 0 unspecified atom stereocenters. The molecule has 0 aromatic rings. The van der Waals surface area contributed by atoms with E-state index >= 15 is 0 Å². The average molecular weight is 285 g/mol. The van der Waals surface area contributed by atoms with Gasteiger partial charge in [-0.3, -0.25) is 9.69 Å². The Hall–Kier alpha value is -0.570. The fourth-order valence-corrected chi connectivity index (χ4v) is 2.21. The number of carbonyl (C=O) groups is 1. The van der Waals surface area contributed by atoms with Crippen molar-refractivity contribution in [3.05, 3.63) is 0 Å². The predicted molar refractivity (Wildman–Crippen MR) is 86.0 cm³/mol. The van der Waals surface area contributed by atoms with Gasteiger partial charge in [0.15, 0.2) is 0 Å². The van der Waals surface area contributed by atoms with Gasteiger partial charge in [-0.1, -0.05) is 59.3 Å². The van der Waals surface area contributed by atoms with Crippen molar-refractivity contribution >= 4 is 5.97 Å². The highest BCUT2D eigenvalue weighted by Crippen LogP contribution is 2.03. The summed E-state index contributed by atoms with van der Waals surface area (Å²) >= 11 is 0. The van der Waals surface area contributed by atoms with Gasteiger partial charge in [0.2, 0.25) is 0 Å². The van der Waals surface area contributed by atoms with E-state index in [2.05, 4.69) is 25.7 Å². The van der Waals surface area contributed by atoms with E-state index < -0.39 is 0 Å². The minimum atomic E-state index is -0.0471. The Bertz CT molecular complexity index is 209. The first-order valence-corrected chi connectivity index (χ1v) is 8.62. The maximum Gasteiger partial charge on any atom is 0.320 e. The summed E-state index contributed by atoms with van der Waals surface area (Å²) in [6, 6.07) is 0. The number of ether oxygens (including phenoxy) is 1. The Kier molecular flexibility index (Phi) is 14.4. The molecule has 0 aromatic carbocycles. The van der Waals surface area contributed by atoms with Crippen molar-refractivity contribution in [3.63, 3.8) is 0 Å². The van der Waals surface area contributed by atoms with Crippen LogP contribution in [0.15, 0.2) is 0 Å². The van der Waals surface area contributed by atoms with E-state index in [1.165, 1.54) is 38.5 Å². The third-order valence-corrected chi connectivity index (χ3v) is 3.52. The van der Waals surface area contributed by atoms with Crippen molar-refractivity contribution in [2.45, 2.75) is 78.6 Å². The molecule has 0 saturated heterocycles. The van der Waals surface area contributed by atoms with Gasteiger partial charge < -0.3 is 4.74 Å². The second-order valence-electron chi connectivity index (χ2n) is 5.62. The Morgan fingerprint density at radius 1 is 0.800 bits per heavy atom. The first kappa shape index (κ1) is 19.4. The molecule has 0 aromatic heterocycles. The van der Waals surface area contributed by atoms with Crippen LogP contribution in [0.25, 0.3) is 0 Å². The van der Waals surface area contributed by atoms with E-state index in [0.29, 0.717) is 13.2 Å². The van der Waals surface area contributed by atoms with Crippen LogP contribution in [0.4, 0.5) is 0 Å². The smallest absolute Gasteiger partial charge is 0.320 e. The van der Waals surface area contributed by atoms with Gasteiger partial charge in [0.1, 0.15) is 0 Å². The average Bonchev–Trinajstić information content (AvgIpc) is 2.44. The molecule has 0 atom stereocenters. The third-order valence-electron chi connectivity index (χ3n) is 3.52. The standard InChI is InChI=1S/C17H35NO2/c1-4-7-10-13-18(14-11-8-5-2)16-17(19)20-15-12-9-6-3/h4-16H2,1-3H3. The Labute approximate surface area is 126 Å². The van der Waals surface area contributed by atoms with Gasteiger partial charge >= 0.3 is 5.97 Å². The highest BCUT2D eigenvalue weighted by molar-refractivity contribution is 5.71. The van der Waals surface area contributed by atoms with Crippen LogP contribution in [-0.2, 0) is 9.53 Å². The van der Waals surface area contributed by atoms with Crippen molar-refractivity contribution in [1.29, 1.82) is 0 Å². The van der Waals surface area contributed by atoms with E-state index in [4.69, 9.17) is 4.74 Å². The molecule has 0 fully saturated rings. The molecule has 0 bridgehead atoms. The van der Waals surface area contributed by atoms with E-state index in [1.807, 2.05) is 0 Å². The Morgan fingerprint density at radius 3 is 1.80 bits per heavy atom. The lowest BCUT2D eigenvalue weighted by Gasteiger charge is -2.21. The molecule has 3 nitrogen and oxygen atoms in total. The molecule has 0 aliphatic carbocycles. The zero-order valence-corrected chi connectivity index (χ0v) is 14.0. The third kappa shape index (κ3) is 12.5. The summed E-state index contributed by atoms with van der Waals surface area (Å²) in [4.78, 5) is 14.1. The van der Waals surface area contributed by atoms with Crippen molar-refractivity contribution in [3.8, 4) is 0 Å². The lowest BCUT2D eigenvalue weighted by atomic mass is 10.2. The lowest BCUT2D eigenvalue weighted by Crippen LogP contribution is -2.33. The molecular formula is C17H35NO2. The summed E-state index contributed by atoms with van der Waals surface area (Å²) in [5.41, 5.74) is 0. The highest BCUT2D eigenvalue weighted by Gasteiger charge is 2.11. The quantitative estimate of drug-likeness (QED) is 0.350. The van der Waals surface area contributed by atoms with Crippen LogP contribution in [0, 0.1) is 0 Å². The van der Waals surface area contributed by atoms with Crippen LogP contribution >= 0.6 is 0 Å². The minimum Gasteiger partial charge on any atom is -0.465 e. The molecule has 3 heteroatoms. The maximum atomic E-state index is 11.8. The number of rotatable bonds is 14. The molecule has 0 N–H and O–H groups in total. The lowest BCUT2D eigenvalue weighted by molar-refractivity contribution is -0.145. The topological polar surface area (TPSA) is 29.5 Å². The minimum absolute atomic E-state index is 0.0471. The van der Waals surface area contributed by atoms with Crippen molar-refractivity contribution in [2.24, 2.45) is 0 Å². The number of hydrogen-bond donors (Lipinski definition) is 0. The van der Waals surface area contributed by atoms with Gasteiger partial charge in [-0.25, -0.2) is 0 Å². The van der Waals surface area contributed by atoms with Gasteiger partial charge in [0, 0.05) is 0 Å². The van der Waals surface area contributed by atoms with E-state index in [1.54, 1.807) is 0 Å². The molecule has 0 saturated carbocycles. The molecule has 0 radical (unpaired) electrons. The van der Waals surface area contributed by atoms with Crippen LogP contribution in [-0.4, -0.2) is 37.1 Å². The summed E-state index contributed by atoms with van der Waals surface area (Å²) < 4.78 is 5.31. The van der Waals surface area contributed by atoms with Crippen molar-refractivity contribution in [1.82, 2.24) is 4.90 Å². The molecule has 0 aliphatic rings. The normalized spacial score (nSPS) is 11.0. The van der Waals surface area contributed by atoms with Crippen molar-refractivity contribution < 1.29 is 9.53 Å². The number of unbranched alkanes of at least 4 members (excludes halogenated alkanes) is 6. The second-order valence-corrected chi connectivity index (χ2v) is 5.62. The Balaban J connectivity index is 3.88. The fourth-order valence-electron chi connectivity index (χ4n) is 2.21. The molecule has 120 valence electrons. The highest BCUT2D eigenvalue weighted by atomic mass is 16.5. The molecule has 0 spiro atoms. The van der Waals surface area contributed by atoms with Gasteiger partial charge in [-0.15, -0.1) is 0 Å². The summed E-state index contributed by atoms with van der Waals surface area (Å²) in [5.74, 6) is -0.0471. The predicted octanol–water partition coefficient (Wildman–Crippen LogP) is 4.40. The molecule has 0 heterocycles. The summed E-state index contributed by atoms with van der Waals surface area (Å²) in [7, 11) is 0. The summed E-state index contributed by atoms with van der Waals surface area (Å²) in [5, 5.41) is 0. The fraction of sp³-hybridized carbons (Fsp3) is 0.941. The van der Waals surface area contributed by atoms with Crippen molar-refractivity contribution in [2.75, 3.05) is 26.2 Å². The van der Waals surface area contributed by atoms with Crippen LogP contribution in [0.3, 0.4) is 0 Å². The van der Waals surface area contributed by atoms with E-state index in [9.17, 15) is 4.79 Å². The van der Waals surface area contributed by atoms with Crippen LogP contribution in [0.2, 0.25) is 0 Å². The van der Waals surface area contributed by atoms with Gasteiger partial charge in [-0.2, -0.15) is 0 Å². The molecule has 0 rings (SSSR count). The maximum absolute atomic E-state index is 11.8. The van der Waals surface area contributed by atoms with E-state index in [-0.39, 0.29) is 5.97 Å². The van der Waals surface area contributed by atoms with Crippen LogP contribution < -0.4 is 0 Å². The SMILES string of the molecule is CCCCCOC(=O)CN(CCCCC)CCCCC. The van der Waals surface area contributed by atoms with Gasteiger partial charge in [0.25, 0.3) is 0 Å². The molecule has 0 amide bonds. The molecular weight excluding hydrogens is 250 g/mol. The summed E-state index contributed by atoms with van der Waals surface area (Å²) in [6.07, 6.45) is 10.6. The second kappa shape index (κ2) is 14.8. The monoisotopic (exact) mass is 285 g/mol. The largest absolute Gasteiger partial charge is 0.465 e. The van der Waals surface area contributed by atoms with E-state index in [0.717, 1.165) is 32.4 Å². The zero-order chi connectivity index (χ0) is 15.1. The van der Waals surface area contributed by atoms with Crippen LogP contribution in [0.5, 0.6) is 0 Å². The first-order valence-electron chi connectivity index (χ1n) is 8.62. The molecule has 0 aliphatic heterocycles. The number of nitrogens with zero attached hydrogens (tertiary/aromatic N) is 1. The van der Waals surface area contributed by atoms with Gasteiger partial charge in [0.05, 0.1) is 13.2 Å².